The summed E-state index contributed by atoms with van der Waals surface area (Å²) in [6.45, 7) is 5.21. The van der Waals surface area contributed by atoms with Crippen LogP contribution >= 0.6 is 0 Å². The van der Waals surface area contributed by atoms with E-state index in [1.807, 2.05) is 17.8 Å². The van der Waals surface area contributed by atoms with Gasteiger partial charge in [-0.1, -0.05) is 161 Å². The molecule has 0 saturated heterocycles. The molecule has 1 unspecified atom stereocenters. The number of aryl methyl sites for hydroxylation is 1. The molecule has 0 aliphatic heterocycles. The number of aromatic nitrogens is 2. The zero-order valence-corrected chi connectivity index (χ0v) is 31.3. The van der Waals surface area contributed by atoms with Crippen LogP contribution in [0.15, 0.2) is 24.7 Å². The molecular weight excluding hydrogens is 580 g/mol. The number of hydrogen-bond acceptors (Lipinski definition) is 3. The predicted octanol–water partition coefficient (Wildman–Crippen LogP) is 11.1. The van der Waals surface area contributed by atoms with Gasteiger partial charge in [0.1, 0.15) is 6.04 Å². The third-order valence-electron chi connectivity index (χ3n) is 9.32. The first kappa shape index (κ1) is 42.9. The summed E-state index contributed by atoms with van der Waals surface area (Å²) in [7, 11) is 1.92. The average molecular weight is 657 g/mol. The van der Waals surface area contributed by atoms with Gasteiger partial charge in [0.05, 0.1) is 12.0 Å². The number of unbranched alkanes of at least 4 members (excludes halogenated alkanes) is 24. The lowest BCUT2D eigenvalue weighted by atomic mass is 10.0. The first-order valence-corrected chi connectivity index (χ1v) is 20.3. The van der Waals surface area contributed by atoms with E-state index in [0.29, 0.717) is 19.4 Å². The Morgan fingerprint density at radius 3 is 1.57 bits per heavy atom. The van der Waals surface area contributed by atoms with E-state index in [0.717, 1.165) is 37.8 Å². The minimum Gasteiger partial charge on any atom is -0.354 e. The van der Waals surface area contributed by atoms with Crippen LogP contribution < -0.4 is 10.6 Å². The number of nitrogens with zero attached hydrogens (tertiary/aromatic N) is 2. The van der Waals surface area contributed by atoms with Crippen LogP contribution in [0.25, 0.3) is 0 Å². The molecule has 0 fully saturated rings. The van der Waals surface area contributed by atoms with Gasteiger partial charge in [0, 0.05) is 32.6 Å². The van der Waals surface area contributed by atoms with Crippen LogP contribution in [0, 0.1) is 0 Å². The maximum Gasteiger partial charge on any atom is 0.242 e. The number of imidazole rings is 1. The molecule has 1 aromatic rings. The molecule has 272 valence electrons. The van der Waals surface area contributed by atoms with Crippen molar-refractivity contribution in [2.24, 2.45) is 7.05 Å². The van der Waals surface area contributed by atoms with Crippen LogP contribution in [0.1, 0.15) is 199 Å². The van der Waals surface area contributed by atoms with Crippen LogP contribution in [0.2, 0.25) is 0 Å². The number of carbonyl (C=O) groups excluding carboxylic acids is 2. The third-order valence-corrected chi connectivity index (χ3v) is 9.32. The SMILES string of the molecule is CCCCCCCC/C=C\CCCCCCCC(=O)NC(Cc1cn(C)cn1)C(=O)NCCCCCCCCCCCCCCCC. The molecule has 0 aromatic carbocycles. The molecule has 2 N–H and O–H groups in total. The molecule has 0 bridgehead atoms. The minimum absolute atomic E-state index is 0.0322. The third kappa shape index (κ3) is 27.5. The number of rotatable bonds is 34. The Kier molecular flexibility index (Phi) is 29.6. The highest BCUT2D eigenvalue weighted by molar-refractivity contribution is 5.87. The molecule has 1 aromatic heterocycles. The summed E-state index contributed by atoms with van der Waals surface area (Å²) in [5, 5.41) is 6.10. The van der Waals surface area contributed by atoms with Gasteiger partial charge < -0.3 is 15.2 Å². The highest BCUT2D eigenvalue weighted by Gasteiger charge is 2.21. The Morgan fingerprint density at radius 1 is 0.660 bits per heavy atom. The summed E-state index contributed by atoms with van der Waals surface area (Å²) in [6.07, 6.45) is 43.9. The summed E-state index contributed by atoms with van der Waals surface area (Å²) in [6, 6.07) is -0.577. The molecule has 0 radical (unpaired) electrons. The Morgan fingerprint density at radius 2 is 1.11 bits per heavy atom. The number of amides is 2. The second-order valence-corrected chi connectivity index (χ2v) is 14.1. The van der Waals surface area contributed by atoms with Gasteiger partial charge in [-0.15, -0.1) is 0 Å². The summed E-state index contributed by atoms with van der Waals surface area (Å²) < 4.78 is 1.88. The van der Waals surface area contributed by atoms with Gasteiger partial charge in [0.15, 0.2) is 0 Å². The van der Waals surface area contributed by atoms with E-state index in [1.165, 1.54) is 141 Å². The molecular formula is C41H76N4O2. The van der Waals surface area contributed by atoms with Crippen LogP contribution in [0.5, 0.6) is 0 Å². The molecule has 0 spiro atoms. The average Bonchev–Trinajstić information content (AvgIpc) is 3.48. The van der Waals surface area contributed by atoms with Crippen molar-refractivity contribution in [3.63, 3.8) is 0 Å². The van der Waals surface area contributed by atoms with E-state index < -0.39 is 6.04 Å². The standard InChI is InChI=1S/C41H76N4O2/c1-4-6-8-10-12-14-16-18-20-21-23-25-27-29-31-33-40(46)44-39(35-38-36-45(3)37-43-38)41(47)42-34-32-30-28-26-24-22-19-17-15-13-11-9-7-5-2/h18,20,36-37,39H,4-17,19,21-35H2,1-3H3,(H,42,47)(H,44,46)/b20-18-. The van der Waals surface area contributed by atoms with Gasteiger partial charge in [-0.25, -0.2) is 4.98 Å². The second kappa shape index (κ2) is 32.4. The summed E-state index contributed by atoms with van der Waals surface area (Å²) in [5.41, 5.74) is 0.825. The van der Waals surface area contributed by atoms with E-state index in [-0.39, 0.29) is 11.8 Å². The molecule has 0 saturated carbocycles. The fourth-order valence-electron chi connectivity index (χ4n) is 6.27. The Balaban J connectivity index is 2.14. The van der Waals surface area contributed by atoms with Gasteiger partial charge >= 0.3 is 0 Å². The molecule has 0 aliphatic carbocycles. The van der Waals surface area contributed by atoms with Crippen molar-refractivity contribution < 1.29 is 9.59 Å². The minimum atomic E-state index is -0.577. The highest BCUT2D eigenvalue weighted by Crippen LogP contribution is 2.13. The van der Waals surface area contributed by atoms with Crippen molar-refractivity contribution in [2.75, 3.05) is 6.54 Å². The molecule has 2 amide bonds. The van der Waals surface area contributed by atoms with E-state index in [2.05, 4.69) is 41.6 Å². The fraction of sp³-hybridized carbons (Fsp3) is 0.829. The summed E-state index contributed by atoms with van der Waals surface area (Å²) in [5.74, 6) is -0.126. The highest BCUT2D eigenvalue weighted by atomic mass is 16.2. The molecule has 6 heteroatoms. The van der Waals surface area contributed by atoms with Crippen molar-refractivity contribution in [1.29, 1.82) is 0 Å². The first-order chi connectivity index (χ1) is 23.1. The number of carbonyl (C=O) groups is 2. The maximum absolute atomic E-state index is 13.1. The fourth-order valence-corrected chi connectivity index (χ4v) is 6.27. The van der Waals surface area contributed by atoms with Crippen molar-refractivity contribution >= 4 is 11.8 Å². The van der Waals surface area contributed by atoms with Crippen LogP contribution in [-0.2, 0) is 23.1 Å². The van der Waals surface area contributed by atoms with Crippen molar-refractivity contribution in [1.82, 2.24) is 20.2 Å². The molecule has 1 heterocycles. The van der Waals surface area contributed by atoms with Gasteiger partial charge in [-0.05, 0) is 38.5 Å². The Bertz CT molecular complexity index is 881. The number of allylic oxidation sites excluding steroid dienone is 2. The first-order valence-electron chi connectivity index (χ1n) is 20.3. The lowest BCUT2D eigenvalue weighted by molar-refractivity contribution is -0.129. The largest absolute Gasteiger partial charge is 0.354 e. The lowest BCUT2D eigenvalue weighted by Crippen LogP contribution is -2.48. The zero-order chi connectivity index (χ0) is 34.0. The monoisotopic (exact) mass is 657 g/mol. The van der Waals surface area contributed by atoms with Gasteiger partial charge in [-0.2, -0.15) is 0 Å². The topological polar surface area (TPSA) is 76.0 Å². The van der Waals surface area contributed by atoms with E-state index in [4.69, 9.17) is 0 Å². The van der Waals surface area contributed by atoms with Crippen molar-refractivity contribution in [3.05, 3.63) is 30.4 Å². The van der Waals surface area contributed by atoms with Crippen LogP contribution in [0.3, 0.4) is 0 Å². The zero-order valence-electron chi connectivity index (χ0n) is 31.3. The molecule has 6 nitrogen and oxygen atoms in total. The molecule has 0 aliphatic rings. The molecule has 1 rings (SSSR count). The number of hydrogen-bond donors (Lipinski definition) is 2. The van der Waals surface area contributed by atoms with Crippen LogP contribution in [0.4, 0.5) is 0 Å². The van der Waals surface area contributed by atoms with Gasteiger partial charge in [-0.3, -0.25) is 9.59 Å². The van der Waals surface area contributed by atoms with E-state index in [1.54, 1.807) is 6.33 Å². The molecule has 47 heavy (non-hydrogen) atoms. The number of nitrogens with one attached hydrogen (secondary N) is 2. The smallest absolute Gasteiger partial charge is 0.242 e. The normalized spacial score (nSPS) is 12.1. The van der Waals surface area contributed by atoms with Gasteiger partial charge in [0.25, 0.3) is 0 Å². The van der Waals surface area contributed by atoms with Crippen molar-refractivity contribution in [2.45, 2.75) is 206 Å². The Labute approximate surface area is 291 Å². The predicted molar refractivity (Wildman–Crippen MR) is 202 cm³/mol. The second-order valence-electron chi connectivity index (χ2n) is 14.1. The maximum atomic E-state index is 13.1. The van der Waals surface area contributed by atoms with Crippen LogP contribution in [-0.4, -0.2) is 34.0 Å². The van der Waals surface area contributed by atoms with Crippen molar-refractivity contribution in [3.8, 4) is 0 Å². The Hall–Kier alpha value is -2.11. The van der Waals surface area contributed by atoms with E-state index >= 15 is 0 Å². The summed E-state index contributed by atoms with van der Waals surface area (Å²) in [4.78, 5) is 30.2. The summed E-state index contributed by atoms with van der Waals surface area (Å²) >= 11 is 0. The quantitative estimate of drug-likeness (QED) is 0.0572. The van der Waals surface area contributed by atoms with Gasteiger partial charge in [0.2, 0.25) is 11.8 Å². The lowest BCUT2D eigenvalue weighted by Gasteiger charge is -2.18. The van der Waals surface area contributed by atoms with E-state index in [9.17, 15) is 9.59 Å². The molecule has 1 atom stereocenters.